The van der Waals surface area contributed by atoms with Gasteiger partial charge in [-0.25, -0.2) is 4.79 Å². The second kappa shape index (κ2) is 10.1. The largest absolute Gasteiger partial charge is 0.492 e. The van der Waals surface area contributed by atoms with Crippen LogP contribution >= 0.6 is 0 Å². The van der Waals surface area contributed by atoms with Gasteiger partial charge < -0.3 is 24.8 Å². The zero-order valence-corrected chi connectivity index (χ0v) is 12.7. The molecule has 0 bridgehead atoms. The van der Waals surface area contributed by atoms with Crippen LogP contribution in [-0.2, 0) is 4.74 Å². The van der Waals surface area contributed by atoms with Crippen LogP contribution in [0.1, 0.15) is 10.4 Å². The average Bonchev–Trinajstić information content (AvgIpc) is 2.49. The molecule has 0 amide bonds. The van der Waals surface area contributed by atoms with Crippen molar-refractivity contribution in [1.82, 2.24) is 10.2 Å². The lowest BCUT2D eigenvalue weighted by Crippen LogP contribution is -2.33. The average molecular weight is 296 g/mol. The molecule has 0 saturated heterocycles. The molecule has 0 heterocycles. The highest BCUT2D eigenvalue weighted by Gasteiger charge is 2.03. The Balaban J connectivity index is 2.11. The van der Waals surface area contributed by atoms with Crippen LogP contribution in [0.3, 0.4) is 0 Å². The normalized spacial score (nSPS) is 10.8. The van der Waals surface area contributed by atoms with Crippen LogP contribution < -0.4 is 10.1 Å². The first-order valence-corrected chi connectivity index (χ1v) is 6.98. The number of benzene rings is 1. The first-order chi connectivity index (χ1) is 10.1. The van der Waals surface area contributed by atoms with Gasteiger partial charge in [0.05, 0.1) is 12.2 Å². The molecule has 0 unspecified atom stereocenters. The molecule has 1 rings (SSSR count). The maximum atomic E-state index is 10.8. The van der Waals surface area contributed by atoms with Crippen molar-refractivity contribution in [2.45, 2.75) is 0 Å². The Labute approximate surface area is 125 Å². The van der Waals surface area contributed by atoms with Crippen molar-refractivity contribution >= 4 is 5.97 Å². The second-order valence-corrected chi connectivity index (χ2v) is 4.73. The van der Waals surface area contributed by atoms with Gasteiger partial charge in [0.25, 0.3) is 0 Å². The number of nitrogens with zero attached hydrogens (tertiary/aromatic N) is 1. The lowest BCUT2D eigenvalue weighted by molar-refractivity contribution is 0.0696. The standard InChI is InChI=1S/C15H24N2O4/c1-17(9-11-20-2)8-6-16-7-10-21-14-5-3-4-13(12-14)15(18)19/h3-5,12,16H,6-11H2,1-2H3,(H,18,19). The van der Waals surface area contributed by atoms with E-state index in [-0.39, 0.29) is 5.56 Å². The molecule has 21 heavy (non-hydrogen) atoms. The van der Waals surface area contributed by atoms with Crippen molar-refractivity contribution in [3.63, 3.8) is 0 Å². The number of carboxylic acids is 1. The molecular weight excluding hydrogens is 272 g/mol. The zero-order valence-electron chi connectivity index (χ0n) is 12.7. The first kappa shape index (κ1) is 17.4. The number of hydrogen-bond donors (Lipinski definition) is 2. The van der Waals surface area contributed by atoms with E-state index >= 15 is 0 Å². The summed E-state index contributed by atoms with van der Waals surface area (Å²) in [5.74, 6) is -0.369. The molecule has 0 atom stereocenters. The van der Waals surface area contributed by atoms with E-state index in [4.69, 9.17) is 14.6 Å². The Kier molecular flexibility index (Phi) is 8.42. The topological polar surface area (TPSA) is 71.0 Å². The number of rotatable bonds is 11. The number of nitrogens with one attached hydrogen (secondary N) is 1. The lowest BCUT2D eigenvalue weighted by Gasteiger charge is -2.16. The van der Waals surface area contributed by atoms with Crippen molar-refractivity contribution in [2.24, 2.45) is 0 Å². The smallest absolute Gasteiger partial charge is 0.335 e. The zero-order chi connectivity index (χ0) is 15.5. The Morgan fingerprint density at radius 2 is 2.10 bits per heavy atom. The van der Waals surface area contributed by atoms with Gasteiger partial charge in [0, 0.05) is 33.3 Å². The van der Waals surface area contributed by atoms with Gasteiger partial charge in [-0.2, -0.15) is 0 Å². The van der Waals surface area contributed by atoms with Crippen molar-refractivity contribution in [3.8, 4) is 5.75 Å². The van der Waals surface area contributed by atoms with Crippen LogP contribution in [0.5, 0.6) is 5.75 Å². The summed E-state index contributed by atoms with van der Waals surface area (Å²) in [4.78, 5) is 13.0. The fraction of sp³-hybridized carbons (Fsp3) is 0.533. The van der Waals surface area contributed by atoms with Gasteiger partial charge in [-0.05, 0) is 25.2 Å². The molecule has 2 N–H and O–H groups in total. The van der Waals surface area contributed by atoms with E-state index in [0.29, 0.717) is 12.4 Å². The highest BCUT2D eigenvalue weighted by Crippen LogP contribution is 2.12. The predicted octanol–water partition coefficient (Wildman–Crippen LogP) is 0.931. The minimum absolute atomic E-state index is 0.236. The molecule has 0 aromatic heterocycles. The summed E-state index contributed by atoms with van der Waals surface area (Å²) in [6, 6.07) is 6.51. The van der Waals surface area contributed by atoms with E-state index in [1.807, 2.05) is 0 Å². The molecule has 0 fully saturated rings. The highest BCUT2D eigenvalue weighted by molar-refractivity contribution is 5.87. The monoisotopic (exact) mass is 296 g/mol. The van der Waals surface area contributed by atoms with E-state index in [9.17, 15) is 4.79 Å². The summed E-state index contributed by atoms with van der Waals surface area (Å²) >= 11 is 0. The quantitative estimate of drug-likeness (QED) is 0.592. The van der Waals surface area contributed by atoms with Crippen molar-refractivity contribution in [2.75, 3.05) is 53.6 Å². The molecule has 0 saturated carbocycles. The highest BCUT2D eigenvalue weighted by atomic mass is 16.5. The number of hydrogen-bond acceptors (Lipinski definition) is 5. The molecule has 0 radical (unpaired) electrons. The molecule has 0 aliphatic rings. The summed E-state index contributed by atoms with van der Waals surface area (Å²) in [7, 11) is 3.75. The molecule has 0 spiro atoms. The number of likely N-dealkylation sites (N-methyl/N-ethyl adjacent to an activating group) is 1. The summed E-state index contributed by atoms with van der Waals surface area (Å²) in [5, 5.41) is 12.2. The fourth-order valence-electron chi connectivity index (χ4n) is 1.71. The Morgan fingerprint density at radius 3 is 2.81 bits per heavy atom. The fourth-order valence-corrected chi connectivity index (χ4v) is 1.71. The maximum absolute atomic E-state index is 10.8. The number of carboxylic acid groups (broad SMARTS) is 1. The van der Waals surface area contributed by atoms with Crippen LogP contribution in [0.2, 0.25) is 0 Å². The van der Waals surface area contributed by atoms with Crippen LogP contribution in [0.25, 0.3) is 0 Å². The van der Waals surface area contributed by atoms with E-state index in [1.165, 1.54) is 6.07 Å². The molecule has 6 nitrogen and oxygen atoms in total. The van der Waals surface area contributed by atoms with E-state index in [1.54, 1.807) is 25.3 Å². The van der Waals surface area contributed by atoms with E-state index in [0.717, 1.165) is 32.8 Å². The third kappa shape index (κ3) is 7.65. The number of ether oxygens (including phenoxy) is 2. The molecular formula is C15H24N2O4. The molecule has 6 heteroatoms. The summed E-state index contributed by atoms with van der Waals surface area (Å²) in [6.45, 7) is 4.69. The van der Waals surface area contributed by atoms with Gasteiger partial charge in [-0.3, -0.25) is 0 Å². The van der Waals surface area contributed by atoms with Crippen LogP contribution in [0.4, 0.5) is 0 Å². The molecule has 1 aromatic rings. The van der Waals surface area contributed by atoms with Crippen molar-refractivity contribution < 1.29 is 19.4 Å². The Morgan fingerprint density at radius 1 is 1.29 bits per heavy atom. The van der Waals surface area contributed by atoms with Crippen LogP contribution in [0, 0.1) is 0 Å². The maximum Gasteiger partial charge on any atom is 0.335 e. The summed E-state index contributed by atoms with van der Waals surface area (Å²) in [5.41, 5.74) is 0.236. The Bertz CT molecular complexity index is 426. The third-order valence-electron chi connectivity index (χ3n) is 2.98. The van der Waals surface area contributed by atoms with Gasteiger partial charge >= 0.3 is 5.97 Å². The molecule has 118 valence electrons. The lowest BCUT2D eigenvalue weighted by atomic mass is 10.2. The molecule has 0 aliphatic carbocycles. The van der Waals surface area contributed by atoms with Gasteiger partial charge in [0.15, 0.2) is 0 Å². The van der Waals surface area contributed by atoms with Gasteiger partial charge in [-0.15, -0.1) is 0 Å². The Hall–Kier alpha value is -1.63. The summed E-state index contributed by atoms with van der Waals surface area (Å²) in [6.07, 6.45) is 0. The molecule has 0 aliphatic heterocycles. The second-order valence-electron chi connectivity index (χ2n) is 4.73. The minimum Gasteiger partial charge on any atom is -0.492 e. The van der Waals surface area contributed by atoms with Crippen LogP contribution in [0.15, 0.2) is 24.3 Å². The summed E-state index contributed by atoms with van der Waals surface area (Å²) < 4.78 is 10.5. The third-order valence-corrected chi connectivity index (χ3v) is 2.98. The van der Waals surface area contributed by atoms with Gasteiger partial charge in [0.1, 0.15) is 12.4 Å². The number of carbonyl (C=O) groups is 1. The van der Waals surface area contributed by atoms with E-state index < -0.39 is 5.97 Å². The van der Waals surface area contributed by atoms with Crippen LogP contribution in [-0.4, -0.2) is 69.5 Å². The SMILES string of the molecule is COCCN(C)CCNCCOc1cccc(C(=O)O)c1. The minimum atomic E-state index is -0.947. The predicted molar refractivity (Wildman–Crippen MR) is 81.1 cm³/mol. The van der Waals surface area contributed by atoms with Gasteiger partial charge in [-0.1, -0.05) is 6.07 Å². The molecule has 1 aromatic carbocycles. The van der Waals surface area contributed by atoms with Crippen molar-refractivity contribution in [3.05, 3.63) is 29.8 Å². The van der Waals surface area contributed by atoms with Crippen molar-refractivity contribution in [1.29, 1.82) is 0 Å². The first-order valence-electron chi connectivity index (χ1n) is 6.98. The number of methoxy groups -OCH3 is 1. The van der Waals surface area contributed by atoms with E-state index in [2.05, 4.69) is 17.3 Å². The number of aromatic carboxylic acids is 1. The van der Waals surface area contributed by atoms with Gasteiger partial charge in [0.2, 0.25) is 0 Å².